The van der Waals surface area contributed by atoms with Gasteiger partial charge in [0.2, 0.25) is 5.91 Å². The first-order valence-electron chi connectivity index (χ1n) is 5.52. The van der Waals surface area contributed by atoms with Crippen LogP contribution < -0.4 is 5.73 Å². The Balaban J connectivity index is 2.19. The lowest BCUT2D eigenvalue weighted by Crippen LogP contribution is -2.12. The van der Waals surface area contributed by atoms with Crippen molar-refractivity contribution in [2.75, 3.05) is 0 Å². The third-order valence-corrected chi connectivity index (χ3v) is 3.01. The van der Waals surface area contributed by atoms with E-state index in [1.165, 1.54) is 43.6 Å². The molecule has 15 heavy (non-hydrogen) atoms. The van der Waals surface area contributed by atoms with Crippen LogP contribution in [0.15, 0.2) is 24.3 Å². The SMILES string of the molecule is NC(=O)c1cccc([C]2CCCCC2)c1. The zero-order valence-electron chi connectivity index (χ0n) is 8.83. The number of benzene rings is 1. The molecule has 0 saturated heterocycles. The highest BCUT2D eigenvalue weighted by atomic mass is 16.1. The minimum Gasteiger partial charge on any atom is -0.366 e. The van der Waals surface area contributed by atoms with E-state index in [1.807, 2.05) is 12.1 Å². The molecule has 1 radical (unpaired) electrons. The van der Waals surface area contributed by atoms with Gasteiger partial charge in [0.05, 0.1) is 0 Å². The topological polar surface area (TPSA) is 43.1 Å². The van der Waals surface area contributed by atoms with E-state index in [-0.39, 0.29) is 5.91 Å². The first-order valence-corrected chi connectivity index (χ1v) is 5.52. The zero-order valence-corrected chi connectivity index (χ0v) is 8.83. The van der Waals surface area contributed by atoms with E-state index in [2.05, 4.69) is 6.07 Å². The van der Waals surface area contributed by atoms with E-state index in [0.717, 1.165) is 0 Å². The van der Waals surface area contributed by atoms with Gasteiger partial charge in [0.1, 0.15) is 0 Å². The summed E-state index contributed by atoms with van der Waals surface area (Å²) in [4.78, 5) is 11.0. The molecule has 1 aromatic carbocycles. The van der Waals surface area contributed by atoms with Gasteiger partial charge in [-0.05, 0) is 30.5 Å². The summed E-state index contributed by atoms with van der Waals surface area (Å²) in [5.41, 5.74) is 7.08. The molecule has 1 aliphatic carbocycles. The van der Waals surface area contributed by atoms with Gasteiger partial charge in [0.15, 0.2) is 0 Å². The Hall–Kier alpha value is -1.31. The van der Waals surface area contributed by atoms with Crippen LogP contribution in [0.3, 0.4) is 0 Å². The van der Waals surface area contributed by atoms with Gasteiger partial charge in [-0.3, -0.25) is 4.79 Å². The van der Waals surface area contributed by atoms with Crippen molar-refractivity contribution in [2.24, 2.45) is 5.73 Å². The molecule has 1 aliphatic rings. The molecule has 2 heteroatoms. The third kappa shape index (κ3) is 2.38. The molecule has 2 rings (SSSR count). The maximum atomic E-state index is 11.0. The molecule has 0 bridgehead atoms. The van der Waals surface area contributed by atoms with Gasteiger partial charge < -0.3 is 5.73 Å². The van der Waals surface area contributed by atoms with E-state index >= 15 is 0 Å². The van der Waals surface area contributed by atoms with Crippen molar-refractivity contribution < 1.29 is 4.79 Å². The Morgan fingerprint density at radius 3 is 2.53 bits per heavy atom. The van der Waals surface area contributed by atoms with Crippen LogP contribution in [0.5, 0.6) is 0 Å². The summed E-state index contributed by atoms with van der Waals surface area (Å²) >= 11 is 0. The maximum absolute atomic E-state index is 11.0. The van der Waals surface area contributed by atoms with Crippen molar-refractivity contribution in [3.8, 4) is 0 Å². The summed E-state index contributed by atoms with van der Waals surface area (Å²) < 4.78 is 0. The third-order valence-electron chi connectivity index (χ3n) is 3.01. The van der Waals surface area contributed by atoms with E-state index < -0.39 is 0 Å². The van der Waals surface area contributed by atoms with E-state index in [0.29, 0.717) is 5.56 Å². The summed E-state index contributed by atoms with van der Waals surface area (Å²) in [5.74, 6) is 1.14. The normalized spacial score (nSPS) is 17.6. The Labute approximate surface area is 90.5 Å². The van der Waals surface area contributed by atoms with Crippen molar-refractivity contribution in [1.29, 1.82) is 0 Å². The molecule has 2 N–H and O–H groups in total. The predicted molar refractivity (Wildman–Crippen MR) is 60.4 cm³/mol. The van der Waals surface area contributed by atoms with Gasteiger partial charge in [-0.2, -0.15) is 0 Å². The lowest BCUT2D eigenvalue weighted by atomic mass is 9.83. The Kier molecular flexibility index (Phi) is 3.05. The van der Waals surface area contributed by atoms with Gasteiger partial charge in [0.25, 0.3) is 0 Å². The summed E-state index contributed by atoms with van der Waals surface area (Å²) in [6, 6.07) is 7.68. The average molecular weight is 202 g/mol. The fourth-order valence-corrected chi connectivity index (χ4v) is 2.16. The second kappa shape index (κ2) is 4.47. The molecule has 0 aromatic heterocycles. The van der Waals surface area contributed by atoms with Gasteiger partial charge >= 0.3 is 0 Å². The van der Waals surface area contributed by atoms with Crippen molar-refractivity contribution >= 4 is 5.91 Å². The lowest BCUT2D eigenvalue weighted by molar-refractivity contribution is 0.1000. The Morgan fingerprint density at radius 2 is 1.87 bits per heavy atom. The molecular formula is C13H16NO. The van der Waals surface area contributed by atoms with Crippen LogP contribution >= 0.6 is 0 Å². The summed E-state index contributed by atoms with van der Waals surface area (Å²) in [5, 5.41) is 0. The first-order chi connectivity index (χ1) is 7.27. The fourth-order valence-electron chi connectivity index (χ4n) is 2.16. The van der Waals surface area contributed by atoms with Crippen LogP contribution in [0.2, 0.25) is 0 Å². The predicted octanol–water partition coefficient (Wildman–Crippen LogP) is 2.67. The van der Waals surface area contributed by atoms with Gasteiger partial charge in [-0.25, -0.2) is 0 Å². The minimum absolute atomic E-state index is 0.340. The Morgan fingerprint density at radius 1 is 1.13 bits per heavy atom. The molecule has 0 unspecified atom stereocenters. The summed E-state index contributed by atoms with van der Waals surface area (Å²) in [6.45, 7) is 0. The van der Waals surface area contributed by atoms with E-state index in [4.69, 9.17) is 5.73 Å². The summed E-state index contributed by atoms with van der Waals surface area (Å²) in [6.07, 6.45) is 6.22. The molecule has 1 aromatic rings. The zero-order chi connectivity index (χ0) is 10.7. The number of hydrogen-bond acceptors (Lipinski definition) is 1. The molecule has 0 heterocycles. The second-order valence-corrected chi connectivity index (χ2v) is 4.11. The monoisotopic (exact) mass is 202 g/mol. The van der Waals surface area contributed by atoms with Crippen molar-refractivity contribution in [1.82, 2.24) is 0 Å². The van der Waals surface area contributed by atoms with Crippen LogP contribution in [-0.4, -0.2) is 5.91 Å². The van der Waals surface area contributed by atoms with E-state index in [1.54, 1.807) is 6.07 Å². The number of nitrogens with two attached hydrogens (primary N) is 1. The second-order valence-electron chi connectivity index (χ2n) is 4.11. The number of carbonyl (C=O) groups excluding carboxylic acids is 1. The van der Waals surface area contributed by atoms with Gasteiger partial charge in [-0.15, -0.1) is 0 Å². The van der Waals surface area contributed by atoms with Crippen LogP contribution in [0.1, 0.15) is 48.0 Å². The maximum Gasteiger partial charge on any atom is 0.248 e. The minimum atomic E-state index is -0.340. The highest BCUT2D eigenvalue weighted by molar-refractivity contribution is 5.93. The van der Waals surface area contributed by atoms with Crippen LogP contribution in [0.4, 0.5) is 0 Å². The van der Waals surface area contributed by atoms with Crippen molar-refractivity contribution in [3.63, 3.8) is 0 Å². The fraction of sp³-hybridized carbons (Fsp3) is 0.385. The van der Waals surface area contributed by atoms with Crippen LogP contribution in [0, 0.1) is 5.92 Å². The molecule has 1 amide bonds. The molecule has 1 saturated carbocycles. The molecule has 0 atom stereocenters. The molecule has 1 fully saturated rings. The quantitative estimate of drug-likeness (QED) is 0.787. The number of rotatable bonds is 2. The standard InChI is InChI=1S/C13H16NO/c14-13(15)12-8-4-7-11(9-12)10-5-2-1-3-6-10/h4,7-9H,1-3,5-6H2,(H2,14,15). The molecular weight excluding hydrogens is 186 g/mol. The average Bonchev–Trinajstić information content (AvgIpc) is 2.30. The Bertz CT molecular complexity index is 353. The number of primary amides is 1. The molecule has 0 spiro atoms. The smallest absolute Gasteiger partial charge is 0.248 e. The highest BCUT2D eigenvalue weighted by Crippen LogP contribution is 2.31. The largest absolute Gasteiger partial charge is 0.366 e. The van der Waals surface area contributed by atoms with Crippen LogP contribution in [-0.2, 0) is 0 Å². The van der Waals surface area contributed by atoms with Crippen molar-refractivity contribution in [3.05, 3.63) is 41.3 Å². The molecule has 79 valence electrons. The number of carbonyl (C=O) groups is 1. The number of amides is 1. The number of hydrogen-bond donors (Lipinski definition) is 1. The lowest BCUT2D eigenvalue weighted by Gasteiger charge is -2.21. The molecule has 2 nitrogen and oxygen atoms in total. The van der Waals surface area contributed by atoms with Gasteiger partial charge in [0, 0.05) is 11.5 Å². The van der Waals surface area contributed by atoms with Crippen LogP contribution in [0.25, 0.3) is 0 Å². The van der Waals surface area contributed by atoms with E-state index in [9.17, 15) is 4.79 Å². The van der Waals surface area contributed by atoms with Crippen molar-refractivity contribution in [2.45, 2.75) is 32.1 Å². The highest BCUT2D eigenvalue weighted by Gasteiger charge is 2.16. The summed E-state index contributed by atoms with van der Waals surface area (Å²) in [7, 11) is 0. The van der Waals surface area contributed by atoms with Gasteiger partial charge in [-0.1, -0.05) is 31.4 Å². The first kappa shape index (κ1) is 10.2. The molecule has 0 aliphatic heterocycles.